The smallest absolute Gasteiger partial charge is 0.290 e. The van der Waals surface area contributed by atoms with Gasteiger partial charge in [0.05, 0.1) is 18.2 Å². The quantitative estimate of drug-likeness (QED) is 0.618. The molecular weight excluding hydrogens is 332 g/mol. The molecule has 0 spiro atoms. The monoisotopic (exact) mass is 352 g/mol. The first-order valence-electron chi connectivity index (χ1n) is 7.79. The molecule has 24 heavy (non-hydrogen) atoms. The van der Waals surface area contributed by atoms with Crippen molar-refractivity contribution in [3.05, 3.63) is 46.2 Å². The van der Waals surface area contributed by atoms with Crippen LogP contribution in [0.4, 0.5) is 0 Å². The topological polar surface area (TPSA) is 89.9 Å². The van der Waals surface area contributed by atoms with E-state index in [1.54, 1.807) is 24.3 Å². The molecule has 0 saturated heterocycles. The van der Waals surface area contributed by atoms with Crippen molar-refractivity contribution < 1.29 is 19.8 Å². The van der Waals surface area contributed by atoms with Crippen molar-refractivity contribution in [1.82, 2.24) is 10.2 Å². The Kier molecular flexibility index (Phi) is 6.36. The van der Waals surface area contributed by atoms with Crippen LogP contribution in [0, 0.1) is 0 Å². The van der Waals surface area contributed by atoms with Gasteiger partial charge >= 0.3 is 0 Å². The van der Waals surface area contributed by atoms with Crippen LogP contribution in [0.5, 0.6) is 0 Å². The molecule has 1 amide bonds. The van der Waals surface area contributed by atoms with Gasteiger partial charge in [-0.1, -0.05) is 23.7 Å². The van der Waals surface area contributed by atoms with E-state index >= 15 is 0 Å². The molecule has 2 rings (SSSR count). The van der Waals surface area contributed by atoms with Crippen molar-refractivity contribution in [1.29, 1.82) is 0 Å². The summed E-state index contributed by atoms with van der Waals surface area (Å²) in [5.74, 6) is -1.35. The highest BCUT2D eigenvalue weighted by Crippen LogP contribution is 2.37. The number of hydrogen-bond donors (Lipinski definition) is 3. The van der Waals surface area contributed by atoms with Crippen LogP contribution in [0.25, 0.3) is 0 Å². The zero-order valence-electron chi connectivity index (χ0n) is 13.5. The van der Waals surface area contributed by atoms with Crippen molar-refractivity contribution in [3.8, 4) is 0 Å². The van der Waals surface area contributed by atoms with E-state index < -0.39 is 17.7 Å². The average molecular weight is 353 g/mol. The Balaban J connectivity index is 2.23. The second-order valence-electron chi connectivity index (χ2n) is 5.60. The lowest BCUT2D eigenvalue weighted by Crippen LogP contribution is -2.33. The van der Waals surface area contributed by atoms with Crippen molar-refractivity contribution >= 4 is 23.3 Å². The van der Waals surface area contributed by atoms with Gasteiger partial charge in [-0.25, -0.2) is 0 Å². The van der Waals surface area contributed by atoms with Crippen LogP contribution in [0.15, 0.2) is 35.6 Å². The van der Waals surface area contributed by atoms with Gasteiger partial charge in [0.15, 0.2) is 11.5 Å². The molecule has 3 N–H and O–H groups in total. The van der Waals surface area contributed by atoms with Gasteiger partial charge in [0.2, 0.25) is 0 Å². The Morgan fingerprint density at radius 2 is 1.96 bits per heavy atom. The molecule has 1 aliphatic rings. The second kappa shape index (κ2) is 8.28. The molecule has 0 aromatic heterocycles. The Bertz CT molecular complexity index is 642. The number of carbonyl (C=O) groups is 2. The summed E-state index contributed by atoms with van der Waals surface area (Å²) in [6, 6.07) is 6.27. The number of nitrogens with zero attached hydrogens (tertiary/aromatic N) is 1. The van der Waals surface area contributed by atoms with Crippen LogP contribution in [0.3, 0.4) is 0 Å². The van der Waals surface area contributed by atoms with E-state index in [1.165, 1.54) is 11.8 Å². The molecule has 0 fully saturated rings. The Hall–Kier alpha value is -1.89. The van der Waals surface area contributed by atoms with E-state index in [-0.39, 0.29) is 18.0 Å². The standard InChI is InChI=1S/C17H21ClN2O4/c1-11(22)14-15(12-3-5-13(18)6-4-12)20(17(24)16(14)23)9-2-7-19-8-10-21/h3-6,15,19,21,23H,2,7-10H2,1H3/t15-/m0/s1. The van der Waals surface area contributed by atoms with Gasteiger partial charge in [-0.15, -0.1) is 0 Å². The molecular formula is C17H21ClN2O4. The fourth-order valence-corrected chi connectivity index (χ4v) is 2.94. The largest absolute Gasteiger partial charge is 0.503 e. The highest BCUT2D eigenvalue weighted by atomic mass is 35.5. The maximum absolute atomic E-state index is 12.4. The Morgan fingerprint density at radius 1 is 1.29 bits per heavy atom. The maximum atomic E-state index is 12.4. The van der Waals surface area contributed by atoms with Gasteiger partial charge in [0, 0.05) is 18.1 Å². The van der Waals surface area contributed by atoms with Crippen LogP contribution in [-0.4, -0.2) is 53.0 Å². The molecule has 130 valence electrons. The maximum Gasteiger partial charge on any atom is 0.290 e. The molecule has 7 heteroatoms. The van der Waals surface area contributed by atoms with Crippen molar-refractivity contribution in [2.45, 2.75) is 19.4 Å². The van der Waals surface area contributed by atoms with Gasteiger partial charge in [-0.3, -0.25) is 9.59 Å². The molecule has 0 radical (unpaired) electrons. The Labute approximate surface area is 145 Å². The first-order chi connectivity index (χ1) is 11.5. The first-order valence-corrected chi connectivity index (χ1v) is 8.17. The highest BCUT2D eigenvalue weighted by Gasteiger charge is 2.41. The molecule has 1 aliphatic heterocycles. The number of benzene rings is 1. The van der Waals surface area contributed by atoms with E-state index in [2.05, 4.69) is 5.32 Å². The predicted octanol–water partition coefficient (Wildman–Crippen LogP) is 1.60. The van der Waals surface area contributed by atoms with E-state index in [1.807, 2.05) is 0 Å². The van der Waals surface area contributed by atoms with Crippen molar-refractivity contribution in [2.24, 2.45) is 0 Å². The summed E-state index contributed by atoms with van der Waals surface area (Å²) in [5.41, 5.74) is 0.843. The van der Waals surface area contributed by atoms with Crippen molar-refractivity contribution in [3.63, 3.8) is 0 Å². The van der Waals surface area contributed by atoms with Crippen molar-refractivity contribution in [2.75, 3.05) is 26.2 Å². The summed E-state index contributed by atoms with van der Waals surface area (Å²) in [6.45, 7) is 2.87. The summed E-state index contributed by atoms with van der Waals surface area (Å²) in [4.78, 5) is 25.8. The third kappa shape index (κ3) is 3.95. The zero-order valence-corrected chi connectivity index (χ0v) is 14.2. The molecule has 1 atom stereocenters. The molecule has 1 aromatic rings. The molecule has 0 unspecified atom stereocenters. The van der Waals surface area contributed by atoms with Crippen LogP contribution in [0.2, 0.25) is 5.02 Å². The fraction of sp³-hybridized carbons (Fsp3) is 0.412. The minimum Gasteiger partial charge on any atom is -0.503 e. The molecule has 0 bridgehead atoms. The number of hydrogen-bond acceptors (Lipinski definition) is 5. The normalized spacial score (nSPS) is 17.7. The number of halogens is 1. The second-order valence-corrected chi connectivity index (χ2v) is 6.03. The van der Waals surface area contributed by atoms with Gasteiger partial charge in [0.1, 0.15) is 0 Å². The number of rotatable bonds is 8. The summed E-state index contributed by atoms with van der Waals surface area (Å²) in [7, 11) is 0. The molecule has 6 nitrogen and oxygen atoms in total. The van der Waals surface area contributed by atoms with Crippen LogP contribution in [0.1, 0.15) is 24.9 Å². The number of ketones is 1. The lowest BCUT2D eigenvalue weighted by atomic mass is 9.97. The Morgan fingerprint density at radius 3 is 2.54 bits per heavy atom. The summed E-state index contributed by atoms with van der Waals surface area (Å²) < 4.78 is 0. The lowest BCUT2D eigenvalue weighted by Gasteiger charge is -2.26. The minimum absolute atomic E-state index is 0.0485. The van der Waals surface area contributed by atoms with E-state index in [9.17, 15) is 14.7 Å². The van der Waals surface area contributed by atoms with Gasteiger partial charge < -0.3 is 20.4 Å². The van der Waals surface area contributed by atoms with E-state index in [0.717, 1.165) is 5.56 Å². The average Bonchev–Trinajstić information content (AvgIpc) is 2.80. The number of carbonyl (C=O) groups excluding carboxylic acids is 2. The number of amides is 1. The zero-order chi connectivity index (χ0) is 17.7. The molecule has 0 aliphatic carbocycles. The van der Waals surface area contributed by atoms with Gasteiger partial charge in [-0.2, -0.15) is 0 Å². The number of nitrogens with one attached hydrogen (secondary N) is 1. The molecule has 1 heterocycles. The van der Waals surface area contributed by atoms with Crippen LogP contribution < -0.4 is 5.32 Å². The predicted molar refractivity (Wildman–Crippen MR) is 90.8 cm³/mol. The molecule has 0 saturated carbocycles. The van der Waals surface area contributed by atoms with E-state index in [0.29, 0.717) is 31.1 Å². The minimum atomic E-state index is -0.606. The SMILES string of the molecule is CC(=O)C1=C(O)C(=O)N(CCCNCCO)[C@H]1c1ccc(Cl)cc1. The summed E-state index contributed by atoms with van der Waals surface area (Å²) >= 11 is 5.91. The lowest BCUT2D eigenvalue weighted by molar-refractivity contribution is -0.129. The number of Topliss-reactive ketones (excluding diaryl/α,β-unsaturated/α-hetero) is 1. The molecule has 1 aromatic carbocycles. The van der Waals surface area contributed by atoms with Crippen LogP contribution in [-0.2, 0) is 9.59 Å². The van der Waals surface area contributed by atoms with E-state index in [4.69, 9.17) is 16.7 Å². The van der Waals surface area contributed by atoms with Gasteiger partial charge in [-0.05, 0) is 37.6 Å². The van der Waals surface area contributed by atoms with Gasteiger partial charge in [0.25, 0.3) is 5.91 Å². The highest BCUT2D eigenvalue weighted by molar-refractivity contribution is 6.30. The third-order valence-corrected chi connectivity index (χ3v) is 4.16. The number of aliphatic hydroxyl groups is 2. The summed E-state index contributed by atoms with van der Waals surface area (Å²) in [6.07, 6.45) is 0.633. The number of aliphatic hydroxyl groups excluding tert-OH is 2. The first kappa shape index (κ1) is 18.4. The fourth-order valence-electron chi connectivity index (χ4n) is 2.81. The summed E-state index contributed by atoms with van der Waals surface area (Å²) in [5, 5.41) is 22.5. The third-order valence-electron chi connectivity index (χ3n) is 3.91. The van der Waals surface area contributed by atoms with Crippen LogP contribution >= 0.6 is 11.6 Å².